The van der Waals surface area contributed by atoms with E-state index in [-0.39, 0.29) is 17.4 Å². The maximum absolute atomic E-state index is 12.4. The fourth-order valence-corrected chi connectivity index (χ4v) is 3.13. The summed E-state index contributed by atoms with van der Waals surface area (Å²) in [6.45, 7) is 0. The van der Waals surface area contributed by atoms with Crippen LogP contribution in [0.5, 0.6) is 0 Å². The lowest BCUT2D eigenvalue weighted by Crippen LogP contribution is -2.31. The van der Waals surface area contributed by atoms with E-state index in [1.54, 1.807) is 24.3 Å². The first kappa shape index (κ1) is 21.0. The van der Waals surface area contributed by atoms with E-state index in [0.717, 1.165) is 11.4 Å². The molecule has 160 valence electrons. The summed E-state index contributed by atoms with van der Waals surface area (Å²) < 4.78 is 0. The molecular weight excluding hydrogens is 426 g/mol. The van der Waals surface area contributed by atoms with Crippen molar-refractivity contribution < 1.29 is 4.79 Å². The quantitative estimate of drug-likeness (QED) is 0.307. The minimum absolute atomic E-state index is 0.232. The van der Waals surface area contributed by atoms with Gasteiger partial charge < -0.3 is 5.73 Å². The number of amides is 1. The van der Waals surface area contributed by atoms with Crippen LogP contribution in [0, 0.1) is 0 Å². The number of hydrazine groups is 2. The lowest BCUT2D eigenvalue weighted by Gasteiger charge is -2.26. The number of anilines is 5. The van der Waals surface area contributed by atoms with Gasteiger partial charge in [-0.15, -0.1) is 0 Å². The van der Waals surface area contributed by atoms with Crippen molar-refractivity contribution in [3.8, 4) is 0 Å². The zero-order chi connectivity index (χ0) is 22.3. The van der Waals surface area contributed by atoms with Crippen molar-refractivity contribution >= 4 is 46.2 Å². The lowest BCUT2D eigenvalue weighted by molar-refractivity contribution is 0.0962. The number of para-hydroxylation sites is 2. The molecule has 0 unspecified atom stereocenters. The predicted octanol–water partition coefficient (Wildman–Crippen LogP) is 4.63. The van der Waals surface area contributed by atoms with Crippen molar-refractivity contribution in [2.45, 2.75) is 0 Å². The topological polar surface area (TPSA) is 108 Å². The lowest BCUT2D eigenvalue weighted by atomic mass is 10.2. The minimum atomic E-state index is -0.379. The van der Waals surface area contributed by atoms with Crippen molar-refractivity contribution in [2.75, 3.05) is 21.6 Å². The number of halogens is 1. The SMILES string of the molecule is Nc1c(NNC(=O)c2cccc(Cl)c2)ncnc1NN(c1ccccc1)c1ccccc1. The summed E-state index contributed by atoms with van der Waals surface area (Å²) in [5, 5.41) is 2.32. The Morgan fingerprint density at radius 2 is 1.47 bits per heavy atom. The average molecular weight is 446 g/mol. The fraction of sp³-hybridized carbons (Fsp3) is 0. The van der Waals surface area contributed by atoms with Crippen LogP contribution in [-0.4, -0.2) is 15.9 Å². The van der Waals surface area contributed by atoms with E-state index in [0.29, 0.717) is 16.4 Å². The highest BCUT2D eigenvalue weighted by Crippen LogP contribution is 2.29. The van der Waals surface area contributed by atoms with Crippen LogP contribution in [0.2, 0.25) is 5.02 Å². The van der Waals surface area contributed by atoms with Crippen LogP contribution in [0.25, 0.3) is 0 Å². The van der Waals surface area contributed by atoms with E-state index < -0.39 is 0 Å². The molecule has 0 spiro atoms. The molecule has 0 aliphatic rings. The Balaban J connectivity index is 1.55. The first-order valence-corrected chi connectivity index (χ1v) is 10.1. The van der Waals surface area contributed by atoms with Gasteiger partial charge in [-0.3, -0.25) is 26.1 Å². The Hall–Kier alpha value is -4.30. The number of hydrogen-bond acceptors (Lipinski definition) is 7. The number of nitrogens with one attached hydrogen (secondary N) is 3. The molecule has 0 aliphatic carbocycles. The van der Waals surface area contributed by atoms with E-state index in [4.69, 9.17) is 17.3 Å². The molecule has 0 saturated carbocycles. The van der Waals surface area contributed by atoms with Crippen molar-refractivity contribution in [2.24, 2.45) is 0 Å². The van der Waals surface area contributed by atoms with E-state index in [9.17, 15) is 4.79 Å². The number of benzene rings is 3. The molecule has 5 N–H and O–H groups in total. The maximum Gasteiger partial charge on any atom is 0.269 e. The van der Waals surface area contributed by atoms with Gasteiger partial charge in [0.25, 0.3) is 5.91 Å². The van der Waals surface area contributed by atoms with Crippen LogP contribution < -0.4 is 27.0 Å². The molecule has 4 aromatic rings. The Bertz CT molecular complexity index is 1170. The molecule has 0 saturated heterocycles. The highest BCUT2D eigenvalue weighted by atomic mass is 35.5. The predicted molar refractivity (Wildman–Crippen MR) is 128 cm³/mol. The van der Waals surface area contributed by atoms with Gasteiger partial charge in [-0.2, -0.15) is 0 Å². The third-order valence-corrected chi connectivity index (χ3v) is 4.75. The zero-order valence-electron chi connectivity index (χ0n) is 16.9. The number of rotatable bonds is 7. The highest BCUT2D eigenvalue weighted by molar-refractivity contribution is 6.30. The Morgan fingerprint density at radius 1 is 0.844 bits per heavy atom. The first-order valence-electron chi connectivity index (χ1n) is 9.71. The van der Waals surface area contributed by atoms with Gasteiger partial charge in [0.1, 0.15) is 12.0 Å². The van der Waals surface area contributed by atoms with E-state index in [1.807, 2.05) is 65.7 Å². The van der Waals surface area contributed by atoms with E-state index in [2.05, 4.69) is 26.2 Å². The van der Waals surface area contributed by atoms with Gasteiger partial charge in [-0.05, 0) is 42.5 Å². The summed E-state index contributed by atoms with van der Waals surface area (Å²) >= 11 is 5.95. The molecule has 1 aromatic heterocycles. The number of nitrogens with zero attached hydrogens (tertiary/aromatic N) is 3. The van der Waals surface area contributed by atoms with Crippen molar-refractivity contribution in [3.05, 3.63) is 102 Å². The molecule has 0 atom stereocenters. The Kier molecular flexibility index (Phi) is 6.33. The molecular formula is C23H20ClN7O. The van der Waals surface area contributed by atoms with E-state index in [1.165, 1.54) is 6.33 Å². The Morgan fingerprint density at radius 3 is 2.09 bits per heavy atom. The van der Waals surface area contributed by atoms with Crippen LogP contribution in [0.15, 0.2) is 91.3 Å². The number of carbonyl (C=O) groups is 1. The van der Waals surface area contributed by atoms with Crippen LogP contribution in [0.1, 0.15) is 10.4 Å². The molecule has 4 rings (SSSR count). The molecule has 32 heavy (non-hydrogen) atoms. The summed E-state index contributed by atoms with van der Waals surface area (Å²) in [4.78, 5) is 20.8. The summed E-state index contributed by atoms with van der Waals surface area (Å²) in [7, 11) is 0. The zero-order valence-corrected chi connectivity index (χ0v) is 17.6. The smallest absolute Gasteiger partial charge is 0.269 e. The van der Waals surface area contributed by atoms with Crippen molar-refractivity contribution in [3.63, 3.8) is 0 Å². The fourth-order valence-electron chi connectivity index (χ4n) is 2.94. The number of hydrogen-bond donors (Lipinski definition) is 4. The molecule has 1 amide bonds. The standard InChI is InChI=1S/C23H20ClN7O/c24-17-9-7-8-16(14-17)23(32)29-28-21-20(25)22(27-15-26-21)30-31(18-10-3-1-4-11-18)19-12-5-2-6-13-19/h1-15H,25H2,(H,29,32)(H2,26,27,28,30). The minimum Gasteiger partial charge on any atom is -0.393 e. The second kappa shape index (κ2) is 9.67. The maximum atomic E-state index is 12.4. The summed E-state index contributed by atoms with van der Waals surface area (Å²) in [5.41, 5.74) is 17.2. The number of carbonyl (C=O) groups excluding carboxylic acids is 1. The van der Waals surface area contributed by atoms with Gasteiger partial charge in [0.2, 0.25) is 0 Å². The van der Waals surface area contributed by atoms with Gasteiger partial charge in [0.15, 0.2) is 11.6 Å². The van der Waals surface area contributed by atoms with Crippen LogP contribution in [0.3, 0.4) is 0 Å². The summed E-state index contributed by atoms with van der Waals surface area (Å²) in [6, 6.07) is 26.1. The van der Waals surface area contributed by atoms with Crippen molar-refractivity contribution in [1.82, 2.24) is 15.4 Å². The first-order chi connectivity index (χ1) is 15.6. The largest absolute Gasteiger partial charge is 0.393 e. The molecule has 0 radical (unpaired) electrons. The van der Waals surface area contributed by atoms with Crippen molar-refractivity contribution in [1.29, 1.82) is 0 Å². The van der Waals surface area contributed by atoms with Gasteiger partial charge >= 0.3 is 0 Å². The normalized spacial score (nSPS) is 10.3. The van der Waals surface area contributed by atoms with Gasteiger partial charge in [-0.25, -0.2) is 9.97 Å². The Labute approximate surface area is 190 Å². The molecule has 1 heterocycles. The second-order valence-corrected chi connectivity index (χ2v) is 7.13. The third kappa shape index (κ3) is 4.88. The highest BCUT2D eigenvalue weighted by Gasteiger charge is 2.15. The van der Waals surface area contributed by atoms with Gasteiger partial charge in [0.05, 0.1) is 11.4 Å². The van der Waals surface area contributed by atoms with Crippen LogP contribution >= 0.6 is 11.6 Å². The van der Waals surface area contributed by atoms with Gasteiger partial charge in [-0.1, -0.05) is 54.1 Å². The average Bonchev–Trinajstić information content (AvgIpc) is 2.83. The summed E-state index contributed by atoms with van der Waals surface area (Å²) in [5.74, 6) is 0.237. The number of nitrogen functional groups attached to an aromatic ring is 1. The molecule has 0 bridgehead atoms. The number of aromatic nitrogens is 2. The number of nitrogens with two attached hydrogens (primary N) is 1. The van der Waals surface area contributed by atoms with Crippen LogP contribution in [0.4, 0.5) is 28.7 Å². The molecule has 9 heteroatoms. The summed E-state index contributed by atoms with van der Waals surface area (Å²) in [6.07, 6.45) is 1.35. The molecule has 3 aromatic carbocycles. The molecule has 0 fully saturated rings. The monoisotopic (exact) mass is 445 g/mol. The third-order valence-electron chi connectivity index (χ3n) is 4.51. The van der Waals surface area contributed by atoms with Crippen LogP contribution in [-0.2, 0) is 0 Å². The second-order valence-electron chi connectivity index (χ2n) is 6.69. The molecule has 0 aliphatic heterocycles. The van der Waals surface area contributed by atoms with Gasteiger partial charge in [0, 0.05) is 10.6 Å². The molecule has 8 nitrogen and oxygen atoms in total. The van der Waals surface area contributed by atoms with E-state index >= 15 is 0 Å².